The molecule has 0 radical (unpaired) electrons. The number of rotatable bonds is 8. The van der Waals surface area contributed by atoms with Crippen molar-refractivity contribution in [2.45, 2.75) is 46.1 Å². The summed E-state index contributed by atoms with van der Waals surface area (Å²) in [6.07, 6.45) is 1.89. The van der Waals surface area contributed by atoms with E-state index in [1.165, 1.54) is 22.3 Å². The van der Waals surface area contributed by atoms with E-state index in [4.69, 9.17) is 4.74 Å². The van der Waals surface area contributed by atoms with Crippen molar-refractivity contribution in [3.8, 4) is 16.9 Å². The van der Waals surface area contributed by atoms with Crippen LogP contribution in [-0.4, -0.2) is 24.1 Å². The molecule has 0 heterocycles. The van der Waals surface area contributed by atoms with Gasteiger partial charge in [0.15, 0.2) is 0 Å². The number of ether oxygens (including phenoxy) is 1. The van der Waals surface area contributed by atoms with Gasteiger partial charge in [-0.25, -0.2) is 4.79 Å². The van der Waals surface area contributed by atoms with Crippen molar-refractivity contribution < 1.29 is 19.4 Å². The van der Waals surface area contributed by atoms with Crippen LogP contribution in [0.2, 0.25) is 0 Å². The molecule has 2 N–H and O–H groups in total. The van der Waals surface area contributed by atoms with Gasteiger partial charge in [-0.3, -0.25) is 4.79 Å². The highest BCUT2D eigenvalue weighted by molar-refractivity contribution is 5.96. The largest absolute Gasteiger partial charge is 0.497 e. The SMILES string of the molecule is COc1cccc(CNC(=O)c2ccc3c(c2)C(C)=C(C)CC(Cc2ccc(-c4ccccc4C(=O)O)cc2)C3C)c1. The van der Waals surface area contributed by atoms with Gasteiger partial charge in [-0.05, 0) is 108 Å². The molecule has 0 fully saturated rings. The van der Waals surface area contributed by atoms with E-state index in [9.17, 15) is 14.7 Å². The highest BCUT2D eigenvalue weighted by atomic mass is 16.5. The van der Waals surface area contributed by atoms with E-state index < -0.39 is 5.97 Å². The van der Waals surface area contributed by atoms with Crippen LogP contribution in [0.15, 0.2) is 96.6 Å². The molecular weight excluding hydrogens is 522 g/mol. The van der Waals surface area contributed by atoms with Crippen LogP contribution < -0.4 is 10.1 Å². The molecule has 5 rings (SSSR count). The van der Waals surface area contributed by atoms with Crippen LogP contribution in [0.5, 0.6) is 5.75 Å². The second-order valence-electron chi connectivity index (χ2n) is 11.2. The zero-order valence-electron chi connectivity index (χ0n) is 24.6. The van der Waals surface area contributed by atoms with Crippen molar-refractivity contribution in [1.29, 1.82) is 0 Å². The fourth-order valence-electron chi connectivity index (χ4n) is 5.99. The molecule has 2 atom stereocenters. The van der Waals surface area contributed by atoms with Crippen molar-refractivity contribution in [1.82, 2.24) is 5.32 Å². The summed E-state index contributed by atoms with van der Waals surface area (Å²) in [5.41, 5.74) is 9.81. The highest BCUT2D eigenvalue weighted by Gasteiger charge is 2.27. The van der Waals surface area contributed by atoms with Crippen molar-refractivity contribution >= 4 is 17.4 Å². The minimum Gasteiger partial charge on any atom is -0.497 e. The Hall–Kier alpha value is -4.64. The quantitative estimate of drug-likeness (QED) is 0.228. The number of hydrogen-bond acceptors (Lipinski definition) is 3. The molecule has 0 saturated heterocycles. The van der Waals surface area contributed by atoms with E-state index in [1.807, 2.05) is 60.7 Å². The van der Waals surface area contributed by atoms with Gasteiger partial charge in [0.2, 0.25) is 0 Å². The number of carboxylic acid groups (broad SMARTS) is 1. The Balaban J connectivity index is 1.33. The molecule has 0 aromatic heterocycles. The van der Waals surface area contributed by atoms with Crippen molar-refractivity contribution in [2.75, 3.05) is 7.11 Å². The smallest absolute Gasteiger partial charge is 0.336 e. The van der Waals surface area contributed by atoms with Crippen LogP contribution in [0.3, 0.4) is 0 Å². The van der Waals surface area contributed by atoms with E-state index in [2.05, 4.69) is 44.3 Å². The maximum Gasteiger partial charge on any atom is 0.336 e. The molecule has 1 aliphatic rings. The first-order valence-electron chi connectivity index (χ1n) is 14.4. The second kappa shape index (κ2) is 12.5. The Kier molecular flexibility index (Phi) is 8.58. The van der Waals surface area contributed by atoms with E-state index in [0.29, 0.717) is 29.5 Å². The number of aromatic carboxylic acids is 1. The first-order chi connectivity index (χ1) is 20.2. The number of nitrogens with one attached hydrogen (secondary N) is 1. The maximum atomic E-state index is 13.1. The van der Waals surface area contributed by atoms with Gasteiger partial charge >= 0.3 is 5.97 Å². The zero-order valence-corrected chi connectivity index (χ0v) is 24.6. The molecule has 0 saturated carbocycles. The highest BCUT2D eigenvalue weighted by Crippen LogP contribution is 2.41. The van der Waals surface area contributed by atoms with Crippen LogP contribution in [-0.2, 0) is 13.0 Å². The average Bonchev–Trinajstić information content (AvgIpc) is 3.10. The number of hydrogen-bond donors (Lipinski definition) is 2. The van der Waals surface area contributed by atoms with Gasteiger partial charge in [-0.15, -0.1) is 0 Å². The third-order valence-corrected chi connectivity index (χ3v) is 8.63. The van der Waals surface area contributed by atoms with E-state index in [1.54, 1.807) is 19.2 Å². The zero-order chi connectivity index (χ0) is 29.8. The molecule has 214 valence electrons. The number of methoxy groups -OCH3 is 1. The minimum absolute atomic E-state index is 0.0934. The van der Waals surface area contributed by atoms with Gasteiger partial charge in [0, 0.05) is 12.1 Å². The van der Waals surface area contributed by atoms with E-state index >= 15 is 0 Å². The number of carboxylic acids is 1. The lowest BCUT2D eigenvalue weighted by Gasteiger charge is -2.24. The summed E-state index contributed by atoms with van der Waals surface area (Å²) in [5.74, 6) is 0.450. The van der Waals surface area contributed by atoms with Crippen LogP contribution in [0, 0.1) is 5.92 Å². The Morgan fingerprint density at radius 2 is 1.64 bits per heavy atom. The Morgan fingerprint density at radius 1 is 0.881 bits per heavy atom. The lowest BCUT2D eigenvalue weighted by molar-refractivity contribution is 0.0697. The number of fused-ring (bicyclic) bond motifs is 1. The predicted octanol–water partition coefficient (Wildman–Crippen LogP) is 8.15. The first kappa shape index (κ1) is 28.9. The molecule has 5 heteroatoms. The summed E-state index contributed by atoms with van der Waals surface area (Å²) in [6.45, 7) is 7.08. The maximum absolute atomic E-state index is 13.1. The predicted molar refractivity (Wildman–Crippen MR) is 168 cm³/mol. The number of benzene rings is 4. The van der Waals surface area contributed by atoms with Gasteiger partial charge in [0.25, 0.3) is 5.91 Å². The molecule has 5 nitrogen and oxygen atoms in total. The summed E-state index contributed by atoms with van der Waals surface area (Å²) in [4.78, 5) is 24.8. The minimum atomic E-state index is -0.921. The van der Waals surface area contributed by atoms with Crippen LogP contribution in [0.25, 0.3) is 16.7 Å². The lowest BCUT2D eigenvalue weighted by Crippen LogP contribution is -2.23. The van der Waals surface area contributed by atoms with Crippen LogP contribution >= 0.6 is 0 Å². The van der Waals surface area contributed by atoms with Gasteiger partial charge in [0.05, 0.1) is 12.7 Å². The van der Waals surface area contributed by atoms with Crippen LogP contribution in [0.4, 0.5) is 0 Å². The summed E-state index contributed by atoms with van der Waals surface area (Å²) in [7, 11) is 1.64. The normalized spacial score (nSPS) is 16.4. The van der Waals surface area contributed by atoms with Gasteiger partial charge in [-0.1, -0.05) is 73.2 Å². The van der Waals surface area contributed by atoms with Crippen molar-refractivity contribution in [3.05, 3.63) is 130 Å². The Labute approximate surface area is 247 Å². The fraction of sp³-hybridized carbons (Fsp3) is 0.243. The number of carbonyl (C=O) groups is 2. The molecular formula is C37H37NO4. The Bertz CT molecular complexity index is 1650. The monoisotopic (exact) mass is 559 g/mol. The molecule has 0 spiro atoms. The number of amides is 1. The van der Waals surface area contributed by atoms with Crippen molar-refractivity contribution in [3.63, 3.8) is 0 Å². The molecule has 0 aliphatic heterocycles. The molecule has 1 aliphatic carbocycles. The van der Waals surface area contributed by atoms with E-state index in [-0.39, 0.29) is 5.91 Å². The third kappa shape index (κ3) is 6.15. The standard InChI is InChI=1S/C37H37NO4/c1-23-18-30(19-26-12-14-28(15-13-26)33-10-5-6-11-34(33)37(40)41)25(3)32-17-16-29(21-35(32)24(23)2)36(39)38-22-27-8-7-9-31(20-27)42-4/h5-17,20-21,25,30H,18-19,22H2,1-4H3,(H,38,39)(H,40,41). The summed E-state index contributed by atoms with van der Waals surface area (Å²) < 4.78 is 5.30. The fourth-order valence-corrected chi connectivity index (χ4v) is 5.99. The second-order valence-corrected chi connectivity index (χ2v) is 11.2. The summed E-state index contributed by atoms with van der Waals surface area (Å²) in [6, 6.07) is 29.2. The van der Waals surface area contributed by atoms with Crippen molar-refractivity contribution in [2.24, 2.45) is 5.92 Å². The molecule has 0 bridgehead atoms. The average molecular weight is 560 g/mol. The number of carbonyl (C=O) groups excluding carboxylic acids is 1. The third-order valence-electron chi connectivity index (χ3n) is 8.63. The Morgan fingerprint density at radius 3 is 2.38 bits per heavy atom. The molecule has 4 aromatic carbocycles. The van der Waals surface area contributed by atoms with Gasteiger partial charge in [0.1, 0.15) is 5.75 Å². The molecule has 2 unspecified atom stereocenters. The molecule has 4 aromatic rings. The van der Waals surface area contributed by atoms with E-state index in [0.717, 1.165) is 40.8 Å². The van der Waals surface area contributed by atoms with Gasteiger partial charge < -0.3 is 15.2 Å². The summed E-state index contributed by atoms with van der Waals surface area (Å²) >= 11 is 0. The molecule has 42 heavy (non-hydrogen) atoms. The topological polar surface area (TPSA) is 75.6 Å². The van der Waals surface area contributed by atoms with Gasteiger partial charge in [-0.2, -0.15) is 0 Å². The molecule has 1 amide bonds. The lowest BCUT2D eigenvalue weighted by atomic mass is 9.80. The summed E-state index contributed by atoms with van der Waals surface area (Å²) in [5, 5.41) is 12.6. The van der Waals surface area contributed by atoms with Crippen LogP contribution in [0.1, 0.15) is 76.1 Å². The number of allylic oxidation sites excluding steroid dienone is 2. The first-order valence-corrected chi connectivity index (χ1v) is 14.4.